The van der Waals surface area contributed by atoms with E-state index in [1.165, 1.54) is 37.7 Å². The summed E-state index contributed by atoms with van der Waals surface area (Å²) in [6.07, 6.45) is 6.70. The second-order valence-corrected chi connectivity index (χ2v) is 4.81. The van der Waals surface area contributed by atoms with Gasteiger partial charge < -0.3 is 10.1 Å². The van der Waals surface area contributed by atoms with Gasteiger partial charge in [-0.1, -0.05) is 25.1 Å². The zero-order valence-corrected chi connectivity index (χ0v) is 10.7. The molecule has 1 aromatic carbocycles. The first kappa shape index (κ1) is 12.4. The molecule has 0 bridgehead atoms. The highest BCUT2D eigenvalue weighted by Crippen LogP contribution is 2.26. The van der Waals surface area contributed by atoms with Crippen LogP contribution in [0.4, 0.5) is 0 Å². The van der Waals surface area contributed by atoms with Crippen molar-refractivity contribution in [2.24, 2.45) is 0 Å². The van der Waals surface area contributed by atoms with Gasteiger partial charge in [-0.3, -0.25) is 0 Å². The maximum absolute atomic E-state index is 6.10. The van der Waals surface area contributed by atoms with Gasteiger partial charge >= 0.3 is 0 Å². The maximum atomic E-state index is 6.10. The predicted octanol–water partition coefficient (Wildman–Crippen LogP) is 3.51. The third-order valence-corrected chi connectivity index (χ3v) is 3.31. The van der Waals surface area contributed by atoms with E-state index in [0.717, 1.165) is 18.8 Å². The molecule has 0 radical (unpaired) electrons. The number of hydrogen-bond donors (Lipinski definition) is 1. The molecule has 0 heterocycles. The van der Waals surface area contributed by atoms with Crippen molar-refractivity contribution >= 4 is 0 Å². The van der Waals surface area contributed by atoms with Crippen LogP contribution in [0, 0.1) is 0 Å². The molecule has 0 saturated heterocycles. The summed E-state index contributed by atoms with van der Waals surface area (Å²) in [5, 5.41) is 3.44. The monoisotopic (exact) mass is 233 g/mol. The normalized spacial score (nSPS) is 16.3. The van der Waals surface area contributed by atoms with E-state index in [9.17, 15) is 0 Å². The highest BCUT2D eigenvalue weighted by atomic mass is 16.5. The van der Waals surface area contributed by atoms with Gasteiger partial charge in [-0.05, 0) is 44.7 Å². The van der Waals surface area contributed by atoms with Crippen molar-refractivity contribution < 1.29 is 4.74 Å². The van der Waals surface area contributed by atoms with Gasteiger partial charge in [0.2, 0.25) is 0 Å². The Kier molecular flexibility index (Phi) is 4.87. The standard InChI is InChI=1S/C15H23NO/c1-2-11-16-12-13-7-3-6-10-15(13)17-14-8-4-5-9-14/h3,6-7,10,14,16H,2,4-5,8-9,11-12H2,1H3. The van der Waals surface area contributed by atoms with Crippen LogP contribution < -0.4 is 10.1 Å². The second kappa shape index (κ2) is 6.65. The summed E-state index contributed by atoms with van der Waals surface area (Å²) in [7, 11) is 0. The SMILES string of the molecule is CCCNCc1ccccc1OC1CCCC1. The number of ether oxygens (including phenoxy) is 1. The smallest absolute Gasteiger partial charge is 0.124 e. The van der Waals surface area contributed by atoms with Crippen LogP contribution in [0.5, 0.6) is 5.75 Å². The molecule has 0 aromatic heterocycles. The third-order valence-electron chi connectivity index (χ3n) is 3.31. The van der Waals surface area contributed by atoms with Crippen molar-refractivity contribution in [2.45, 2.75) is 51.7 Å². The molecule has 0 aliphatic heterocycles. The van der Waals surface area contributed by atoms with E-state index in [4.69, 9.17) is 4.74 Å². The summed E-state index contributed by atoms with van der Waals surface area (Å²) in [4.78, 5) is 0. The van der Waals surface area contributed by atoms with Gasteiger partial charge in [-0.2, -0.15) is 0 Å². The number of para-hydroxylation sites is 1. The molecule has 1 fully saturated rings. The predicted molar refractivity (Wildman–Crippen MR) is 71.3 cm³/mol. The molecule has 1 aliphatic rings. The first-order valence-electron chi connectivity index (χ1n) is 6.85. The summed E-state index contributed by atoms with van der Waals surface area (Å²) in [5.41, 5.74) is 1.29. The number of nitrogens with one attached hydrogen (secondary N) is 1. The molecule has 1 aromatic rings. The van der Waals surface area contributed by atoms with E-state index >= 15 is 0 Å². The Morgan fingerprint density at radius 1 is 1.24 bits per heavy atom. The fraction of sp³-hybridized carbons (Fsp3) is 0.600. The van der Waals surface area contributed by atoms with Crippen molar-refractivity contribution in [3.63, 3.8) is 0 Å². The minimum atomic E-state index is 0.447. The van der Waals surface area contributed by atoms with E-state index in [1.807, 2.05) is 0 Å². The van der Waals surface area contributed by atoms with Crippen molar-refractivity contribution in [1.82, 2.24) is 5.32 Å². The zero-order chi connectivity index (χ0) is 11.9. The largest absolute Gasteiger partial charge is 0.490 e. The minimum absolute atomic E-state index is 0.447. The fourth-order valence-electron chi connectivity index (χ4n) is 2.35. The molecule has 0 unspecified atom stereocenters. The quantitative estimate of drug-likeness (QED) is 0.759. The van der Waals surface area contributed by atoms with Crippen LogP contribution in [0.15, 0.2) is 24.3 Å². The molecule has 94 valence electrons. The maximum Gasteiger partial charge on any atom is 0.124 e. The van der Waals surface area contributed by atoms with E-state index in [2.05, 4.69) is 36.5 Å². The number of benzene rings is 1. The van der Waals surface area contributed by atoms with Crippen molar-refractivity contribution in [2.75, 3.05) is 6.54 Å². The Hall–Kier alpha value is -1.02. The second-order valence-electron chi connectivity index (χ2n) is 4.81. The van der Waals surface area contributed by atoms with Gasteiger partial charge in [0.1, 0.15) is 5.75 Å². The molecule has 2 rings (SSSR count). The third kappa shape index (κ3) is 3.74. The fourth-order valence-corrected chi connectivity index (χ4v) is 2.35. The van der Waals surface area contributed by atoms with Gasteiger partial charge in [0, 0.05) is 12.1 Å². The Bertz CT molecular complexity index is 331. The summed E-state index contributed by atoms with van der Waals surface area (Å²) in [6, 6.07) is 8.41. The molecule has 2 nitrogen and oxygen atoms in total. The minimum Gasteiger partial charge on any atom is -0.490 e. The van der Waals surface area contributed by atoms with Crippen LogP contribution >= 0.6 is 0 Å². The zero-order valence-electron chi connectivity index (χ0n) is 10.7. The summed E-state index contributed by atoms with van der Waals surface area (Å²) in [6.45, 7) is 4.17. The number of rotatable bonds is 6. The van der Waals surface area contributed by atoms with Gasteiger partial charge in [0.15, 0.2) is 0 Å². The highest BCUT2D eigenvalue weighted by molar-refractivity contribution is 5.33. The van der Waals surface area contributed by atoms with Crippen LogP contribution in [0.3, 0.4) is 0 Å². The van der Waals surface area contributed by atoms with Gasteiger partial charge in [0.05, 0.1) is 6.10 Å². The molecule has 1 aliphatic carbocycles. The van der Waals surface area contributed by atoms with Crippen LogP contribution in [-0.2, 0) is 6.54 Å². The lowest BCUT2D eigenvalue weighted by molar-refractivity contribution is 0.207. The van der Waals surface area contributed by atoms with E-state index in [1.54, 1.807) is 0 Å². The Morgan fingerprint density at radius 3 is 2.76 bits per heavy atom. The van der Waals surface area contributed by atoms with Gasteiger partial charge in [0.25, 0.3) is 0 Å². The first-order valence-corrected chi connectivity index (χ1v) is 6.85. The van der Waals surface area contributed by atoms with Crippen LogP contribution in [-0.4, -0.2) is 12.6 Å². The molecule has 0 spiro atoms. The van der Waals surface area contributed by atoms with Crippen LogP contribution in [0.1, 0.15) is 44.6 Å². The lowest BCUT2D eigenvalue weighted by Gasteiger charge is -2.16. The lowest BCUT2D eigenvalue weighted by atomic mass is 10.2. The molecule has 0 amide bonds. The average molecular weight is 233 g/mol. The molecule has 1 N–H and O–H groups in total. The van der Waals surface area contributed by atoms with Crippen molar-refractivity contribution in [3.05, 3.63) is 29.8 Å². The van der Waals surface area contributed by atoms with Gasteiger partial charge in [-0.15, -0.1) is 0 Å². The number of hydrogen-bond acceptors (Lipinski definition) is 2. The summed E-state index contributed by atoms with van der Waals surface area (Å²) in [5.74, 6) is 1.07. The van der Waals surface area contributed by atoms with E-state index in [-0.39, 0.29) is 0 Å². The van der Waals surface area contributed by atoms with Crippen molar-refractivity contribution in [1.29, 1.82) is 0 Å². The topological polar surface area (TPSA) is 21.3 Å². The molecule has 17 heavy (non-hydrogen) atoms. The molecule has 0 atom stereocenters. The van der Waals surface area contributed by atoms with Gasteiger partial charge in [-0.25, -0.2) is 0 Å². The molecule has 1 saturated carbocycles. The average Bonchev–Trinajstić information content (AvgIpc) is 2.84. The van der Waals surface area contributed by atoms with Crippen LogP contribution in [0.25, 0.3) is 0 Å². The molecular formula is C15H23NO. The van der Waals surface area contributed by atoms with E-state index < -0.39 is 0 Å². The Morgan fingerprint density at radius 2 is 2.00 bits per heavy atom. The molecular weight excluding hydrogens is 210 g/mol. The molecule has 2 heteroatoms. The summed E-state index contributed by atoms with van der Waals surface area (Å²) < 4.78 is 6.10. The van der Waals surface area contributed by atoms with Crippen LogP contribution in [0.2, 0.25) is 0 Å². The summed E-state index contributed by atoms with van der Waals surface area (Å²) >= 11 is 0. The Balaban J connectivity index is 1.94. The lowest BCUT2D eigenvalue weighted by Crippen LogP contribution is -2.17. The Labute approximate surface area is 104 Å². The van der Waals surface area contributed by atoms with E-state index in [0.29, 0.717) is 6.10 Å². The van der Waals surface area contributed by atoms with Crippen molar-refractivity contribution in [3.8, 4) is 5.75 Å². The highest BCUT2D eigenvalue weighted by Gasteiger charge is 2.17. The first-order chi connectivity index (χ1) is 8.40.